The molecule has 0 unspecified atom stereocenters. The molecule has 7 heteroatoms. The molecule has 0 aliphatic carbocycles. The first-order valence-corrected chi connectivity index (χ1v) is 11.0. The van der Waals surface area contributed by atoms with Gasteiger partial charge in [-0.2, -0.15) is 0 Å². The third kappa shape index (κ3) is 5.33. The number of anilines is 1. The fourth-order valence-electron chi connectivity index (χ4n) is 2.87. The predicted molar refractivity (Wildman–Crippen MR) is 129 cm³/mol. The second-order valence-electron chi connectivity index (χ2n) is 6.37. The van der Waals surface area contributed by atoms with Crippen LogP contribution in [0.3, 0.4) is 0 Å². The summed E-state index contributed by atoms with van der Waals surface area (Å²) in [4.78, 5) is 27.0. The van der Waals surface area contributed by atoms with Crippen molar-refractivity contribution in [1.29, 1.82) is 0 Å². The molecule has 0 fully saturated rings. The van der Waals surface area contributed by atoms with E-state index in [1.807, 2.05) is 18.2 Å². The Bertz CT molecular complexity index is 1070. The lowest BCUT2D eigenvalue weighted by Crippen LogP contribution is -2.31. The van der Waals surface area contributed by atoms with Gasteiger partial charge in [0.15, 0.2) is 0 Å². The molecule has 3 aromatic carbocycles. The molecule has 1 amide bonds. The SMILES string of the molecule is CCOC(=O)c1ccc(N(Cc2ccc(Cl)cc2Cl)C(=O)c2ccccc2I)cc1. The summed E-state index contributed by atoms with van der Waals surface area (Å²) in [5.41, 5.74) is 2.40. The Kier molecular flexibility index (Phi) is 7.75. The van der Waals surface area contributed by atoms with Gasteiger partial charge in [-0.3, -0.25) is 4.79 Å². The molecule has 3 rings (SSSR count). The Morgan fingerprint density at radius 3 is 2.33 bits per heavy atom. The van der Waals surface area contributed by atoms with Crippen molar-refractivity contribution in [3.63, 3.8) is 0 Å². The lowest BCUT2D eigenvalue weighted by molar-refractivity contribution is 0.0526. The Labute approximate surface area is 198 Å². The van der Waals surface area contributed by atoms with Gasteiger partial charge in [-0.05, 0) is 83.6 Å². The molecule has 0 N–H and O–H groups in total. The van der Waals surface area contributed by atoms with Crippen LogP contribution in [0, 0.1) is 3.57 Å². The van der Waals surface area contributed by atoms with E-state index in [0.29, 0.717) is 33.5 Å². The Balaban J connectivity index is 1.99. The number of halogens is 3. The van der Waals surface area contributed by atoms with Gasteiger partial charge in [0.2, 0.25) is 0 Å². The van der Waals surface area contributed by atoms with E-state index in [1.165, 1.54) is 0 Å². The smallest absolute Gasteiger partial charge is 0.338 e. The molecule has 4 nitrogen and oxygen atoms in total. The highest BCUT2D eigenvalue weighted by atomic mass is 127. The summed E-state index contributed by atoms with van der Waals surface area (Å²) in [7, 11) is 0. The van der Waals surface area contributed by atoms with E-state index in [-0.39, 0.29) is 12.5 Å². The number of amides is 1. The van der Waals surface area contributed by atoms with Gasteiger partial charge in [0, 0.05) is 19.3 Å². The summed E-state index contributed by atoms with van der Waals surface area (Å²) < 4.78 is 5.88. The summed E-state index contributed by atoms with van der Waals surface area (Å²) in [5, 5.41) is 1.00. The maximum atomic E-state index is 13.4. The normalized spacial score (nSPS) is 10.5. The molecule has 30 heavy (non-hydrogen) atoms. The zero-order chi connectivity index (χ0) is 21.7. The molecule has 0 aliphatic heterocycles. The first-order chi connectivity index (χ1) is 14.4. The molecular weight excluding hydrogens is 536 g/mol. The average Bonchev–Trinajstić information content (AvgIpc) is 2.73. The summed E-state index contributed by atoms with van der Waals surface area (Å²) in [6.45, 7) is 2.30. The third-order valence-electron chi connectivity index (χ3n) is 4.38. The zero-order valence-corrected chi connectivity index (χ0v) is 19.7. The van der Waals surface area contributed by atoms with E-state index in [0.717, 1.165) is 9.13 Å². The minimum absolute atomic E-state index is 0.171. The summed E-state index contributed by atoms with van der Waals surface area (Å²) in [5.74, 6) is -0.574. The fraction of sp³-hybridized carbons (Fsp3) is 0.130. The second kappa shape index (κ2) is 10.3. The number of hydrogen-bond donors (Lipinski definition) is 0. The van der Waals surface area contributed by atoms with Crippen LogP contribution < -0.4 is 4.90 Å². The van der Waals surface area contributed by atoms with Gasteiger partial charge in [0.25, 0.3) is 5.91 Å². The highest BCUT2D eigenvalue weighted by Gasteiger charge is 2.21. The maximum Gasteiger partial charge on any atom is 0.338 e. The zero-order valence-electron chi connectivity index (χ0n) is 16.1. The average molecular weight is 554 g/mol. The predicted octanol–water partition coefficient (Wildman–Crippen LogP) is 6.62. The van der Waals surface area contributed by atoms with E-state index in [4.69, 9.17) is 27.9 Å². The van der Waals surface area contributed by atoms with Crippen molar-refractivity contribution in [2.24, 2.45) is 0 Å². The van der Waals surface area contributed by atoms with Crippen molar-refractivity contribution in [1.82, 2.24) is 0 Å². The van der Waals surface area contributed by atoms with Gasteiger partial charge in [-0.15, -0.1) is 0 Å². The molecule has 154 valence electrons. The minimum Gasteiger partial charge on any atom is -0.462 e. The quantitative estimate of drug-likeness (QED) is 0.254. The van der Waals surface area contributed by atoms with Crippen LogP contribution in [0.1, 0.15) is 33.2 Å². The van der Waals surface area contributed by atoms with Gasteiger partial charge in [0.05, 0.1) is 24.3 Å². The number of rotatable bonds is 6. The first-order valence-electron chi connectivity index (χ1n) is 9.18. The molecule has 0 aromatic heterocycles. The van der Waals surface area contributed by atoms with Crippen LogP contribution in [0.4, 0.5) is 5.69 Å². The van der Waals surface area contributed by atoms with Crippen molar-refractivity contribution in [2.75, 3.05) is 11.5 Å². The molecular formula is C23H18Cl2INO3. The summed E-state index contributed by atoms with van der Waals surface area (Å²) >= 11 is 14.5. The van der Waals surface area contributed by atoms with Crippen LogP contribution >= 0.6 is 45.8 Å². The van der Waals surface area contributed by atoms with Crippen LogP contribution in [0.25, 0.3) is 0 Å². The monoisotopic (exact) mass is 553 g/mol. The molecule has 3 aromatic rings. The number of hydrogen-bond acceptors (Lipinski definition) is 3. The van der Waals surface area contributed by atoms with Gasteiger partial charge < -0.3 is 9.64 Å². The third-order valence-corrected chi connectivity index (χ3v) is 5.91. The number of esters is 1. The van der Waals surface area contributed by atoms with Crippen molar-refractivity contribution in [3.8, 4) is 0 Å². The highest BCUT2D eigenvalue weighted by molar-refractivity contribution is 14.1. The second-order valence-corrected chi connectivity index (χ2v) is 8.38. The number of carbonyl (C=O) groups is 2. The molecule has 0 bridgehead atoms. The number of nitrogens with zero attached hydrogens (tertiary/aromatic N) is 1. The molecule has 0 saturated heterocycles. The van der Waals surface area contributed by atoms with Crippen molar-refractivity contribution in [2.45, 2.75) is 13.5 Å². The topological polar surface area (TPSA) is 46.6 Å². The maximum absolute atomic E-state index is 13.4. The molecule has 0 atom stereocenters. The van der Waals surface area contributed by atoms with Crippen LogP contribution in [0.5, 0.6) is 0 Å². The van der Waals surface area contributed by atoms with Crippen LogP contribution in [0.2, 0.25) is 10.0 Å². The Morgan fingerprint density at radius 2 is 1.70 bits per heavy atom. The number of ether oxygens (including phenoxy) is 1. The minimum atomic E-state index is -0.403. The van der Waals surface area contributed by atoms with Gasteiger partial charge in [-0.1, -0.05) is 41.4 Å². The van der Waals surface area contributed by atoms with E-state index < -0.39 is 5.97 Å². The van der Waals surface area contributed by atoms with Gasteiger partial charge in [0.1, 0.15) is 0 Å². The largest absolute Gasteiger partial charge is 0.462 e. The van der Waals surface area contributed by atoms with Gasteiger partial charge >= 0.3 is 5.97 Å². The Hall–Kier alpha value is -2.09. The van der Waals surface area contributed by atoms with Crippen molar-refractivity contribution in [3.05, 3.63) is 97.0 Å². The molecule has 0 spiro atoms. The highest BCUT2D eigenvalue weighted by Crippen LogP contribution is 2.27. The number of benzene rings is 3. The van der Waals surface area contributed by atoms with Gasteiger partial charge in [-0.25, -0.2) is 4.79 Å². The molecule has 0 aliphatic rings. The van der Waals surface area contributed by atoms with E-state index in [2.05, 4.69) is 22.6 Å². The summed E-state index contributed by atoms with van der Waals surface area (Å²) in [6, 6.07) is 19.3. The lowest BCUT2D eigenvalue weighted by atomic mass is 10.1. The van der Waals surface area contributed by atoms with E-state index in [9.17, 15) is 9.59 Å². The molecule has 0 heterocycles. The van der Waals surface area contributed by atoms with Crippen LogP contribution in [-0.2, 0) is 11.3 Å². The standard InChI is InChI=1S/C23H18Cl2INO3/c1-2-30-23(29)15-8-11-18(12-9-15)27(14-16-7-10-17(24)13-20(16)25)22(28)19-5-3-4-6-21(19)26/h3-13H,2,14H2,1H3. The van der Waals surface area contributed by atoms with Crippen LogP contribution in [-0.4, -0.2) is 18.5 Å². The number of carbonyl (C=O) groups excluding carboxylic acids is 2. The molecule has 0 saturated carbocycles. The lowest BCUT2D eigenvalue weighted by Gasteiger charge is -2.24. The molecule has 0 radical (unpaired) electrons. The van der Waals surface area contributed by atoms with Crippen molar-refractivity contribution >= 4 is 63.4 Å². The first kappa shape index (κ1) is 22.6. The van der Waals surface area contributed by atoms with Crippen LogP contribution in [0.15, 0.2) is 66.7 Å². The van der Waals surface area contributed by atoms with Crippen molar-refractivity contribution < 1.29 is 14.3 Å². The van der Waals surface area contributed by atoms with E-state index >= 15 is 0 Å². The fourth-order valence-corrected chi connectivity index (χ4v) is 3.96. The summed E-state index contributed by atoms with van der Waals surface area (Å²) in [6.07, 6.45) is 0. The Morgan fingerprint density at radius 1 is 1.00 bits per heavy atom. The van der Waals surface area contributed by atoms with E-state index in [1.54, 1.807) is 60.4 Å².